The van der Waals surface area contributed by atoms with Crippen molar-refractivity contribution >= 4 is 29.3 Å². The molecule has 3 N–H and O–H groups in total. The predicted molar refractivity (Wildman–Crippen MR) is 122 cm³/mol. The van der Waals surface area contributed by atoms with Gasteiger partial charge in [-0.2, -0.15) is 0 Å². The molecular formula is C23H28ClN3O5. The van der Waals surface area contributed by atoms with Crippen LogP contribution >= 0.6 is 11.6 Å². The summed E-state index contributed by atoms with van der Waals surface area (Å²) in [5, 5.41) is 3.18. The first kappa shape index (κ1) is 25.0. The summed E-state index contributed by atoms with van der Waals surface area (Å²) in [4.78, 5) is 37.6. The Labute approximate surface area is 192 Å². The third-order valence-electron chi connectivity index (χ3n) is 4.53. The van der Waals surface area contributed by atoms with Crippen LogP contribution in [0.5, 0.6) is 11.5 Å². The van der Waals surface area contributed by atoms with Gasteiger partial charge in [0, 0.05) is 16.1 Å². The van der Waals surface area contributed by atoms with E-state index in [0.717, 1.165) is 6.42 Å². The zero-order valence-electron chi connectivity index (χ0n) is 18.5. The molecule has 0 spiro atoms. The summed E-state index contributed by atoms with van der Waals surface area (Å²) in [6, 6.07) is 10.2. The highest BCUT2D eigenvalue weighted by molar-refractivity contribution is 6.30. The first-order chi connectivity index (χ1) is 15.3. The normalized spacial score (nSPS) is 11.4. The van der Waals surface area contributed by atoms with Gasteiger partial charge in [0.1, 0.15) is 6.04 Å². The molecule has 2 rings (SSSR count). The molecule has 0 aliphatic heterocycles. The lowest BCUT2D eigenvalue weighted by atomic mass is 10.0. The lowest BCUT2D eigenvalue weighted by Crippen LogP contribution is -2.54. The molecule has 0 saturated heterocycles. The topological polar surface area (TPSA) is 106 Å². The van der Waals surface area contributed by atoms with Crippen LogP contribution < -0.4 is 25.6 Å². The summed E-state index contributed by atoms with van der Waals surface area (Å²) in [6.07, 6.45) is 0.836. The van der Waals surface area contributed by atoms with Crippen LogP contribution in [-0.2, 0) is 4.79 Å². The Bertz CT molecular complexity index is 947. The molecule has 1 atom stereocenters. The molecule has 32 heavy (non-hydrogen) atoms. The standard InChI is InChI=1S/C23H28ClN3O5/c1-5-12-32-18-11-8-16(13-19(18)31-4)22(29)26-27-23(30)20(14(2)3)25-21(28)15-6-9-17(24)10-7-15/h6-11,13-14,20H,5,12H2,1-4H3,(H,25,28)(H,26,29)(H,27,30)/t20-/m0/s1. The van der Waals surface area contributed by atoms with Gasteiger partial charge in [0.05, 0.1) is 13.7 Å². The van der Waals surface area contributed by atoms with E-state index in [1.165, 1.54) is 13.2 Å². The minimum Gasteiger partial charge on any atom is -0.493 e. The highest BCUT2D eigenvalue weighted by atomic mass is 35.5. The number of hydrogen-bond donors (Lipinski definition) is 3. The second-order valence-corrected chi connectivity index (χ2v) is 7.80. The van der Waals surface area contributed by atoms with Gasteiger partial charge in [0.15, 0.2) is 11.5 Å². The number of hydrogen-bond acceptors (Lipinski definition) is 5. The number of carbonyl (C=O) groups excluding carboxylic acids is 3. The van der Waals surface area contributed by atoms with Crippen molar-refractivity contribution < 1.29 is 23.9 Å². The van der Waals surface area contributed by atoms with E-state index in [1.54, 1.807) is 50.2 Å². The largest absolute Gasteiger partial charge is 0.493 e. The minimum absolute atomic E-state index is 0.224. The van der Waals surface area contributed by atoms with Gasteiger partial charge in [-0.1, -0.05) is 32.4 Å². The number of methoxy groups -OCH3 is 1. The first-order valence-corrected chi connectivity index (χ1v) is 10.6. The summed E-state index contributed by atoms with van der Waals surface area (Å²) in [7, 11) is 1.48. The third-order valence-corrected chi connectivity index (χ3v) is 4.78. The molecule has 0 aliphatic carbocycles. The van der Waals surface area contributed by atoms with Gasteiger partial charge in [0.2, 0.25) is 0 Å². The zero-order chi connectivity index (χ0) is 23.7. The summed E-state index contributed by atoms with van der Waals surface area (Å²) in [5.41, 5.74) is 5.38. The van der Waals surface area contributed by atoms with Crippen LogP contribution in [0.15, 0.2) is 42.5 Å². The van der Waals surface area contributed by atoms with Gasteiger partial charge in [0.25, 0.3) is 17.7 Å². The SMILES string of the molecule is CCCOc1ccc(C(=O)NNC(=O)[C@@H](NC(=O)c2ccc(Cl)cc2)C(C)C)cc1OC. The summed E-state index contributed by atoms with van der Waals surface area (Å²) in [5.74, 6) is -0.796. The smallest absolute Gasteiger partial charge is 0.269 e. The first-order valence-electron chi connectivity index (χ1n) is 10.2. The van der Waals surface area contributed by atoms with E-state index < -0.39 is 23.8 Å². The highest BCUT2D eigenvalue weighted by Crippen LogP contribution is 2.28. The van der Waals surface area contributed by atoms with E-state index in [4.69, 9.17) is 21.1 Å². The second-order valence-electron chi connectivity index (χ2n) is 7.36. The quantitative estimate of drug-likeness (QED) is 0.496. The molecule has 172 valence electrons. The number of nitrogens with one attached hydrogen (secondary N) is 3. The highest BCUT2D eigenvalue weighted by Gasteiger charge is 2.25. The maximum absolute atomic E-state index is 12.6. The molecule has 0 saturated carbocycles. The Balaban J connectivity index is 2.01. The van der Waals surface area contributed by atoms with Crippen molar-refractivity contribution in [2.24, 2.45) is 5.92 Å². The van der Waals surface area contributed by atoms with Crippen LogP contribution in [0.3, 0.4) is 0 Å². The van der Waals surface area contributed by atoms with Crippen LogP contribution in [-0.4, -0.2) is 37.5 Å². The molecule has 3 amide bonds. The van der Waals surface area contributed by atoms with E-state index in [9.17, 15) is 14.4 Å². The minimum atomic E-state index is -0.863. The van der Waals surface area contributed by atoms with Gasteiger partial charge in [-0.25, -0.2) is 0 Å². The predicted octanol–water partition coefficient (Wildman–Crippen LogP) is 3.35. The Morgan fingerprint density at radius 2 is 1.59 bits per heavy atom. The van der Waals surface area contributed by atoms with E-state index in [0.29, 0.717) is 28.7 Å². The number of amides is 3. The van der Waals surface area contributed by atoms with Gasteiger partial charge < -0.3 is 14.8 Å². The van der Waals surface area contributed by atoms with Crippen LogP contribution in [0.4, 0.5) is 0 Å². The van der Waals surface area contributed by atoms with Crippen LogP contribution in [0.25, 0.3) is 0 Å². The summed E-state index contributed by atoms with van der Waals surface area (Å²) >= 11 is 5.84. The molecular weight excluding hydrogens is 434 g/mol. The van der Waals surface area contributed by atoms with Gasteiger partial charge in [-0.3, -0.25) is 25.2 Å². The van der Waals surface area contributed by atoms with E-state index in [2.05, 4.69) is 16.2 Å². The molecule has 0 aliphatic rings. The fourth-order valence-corrected chi connectivity index (χ4v) is 2.90. The molecule has 0 fully saturated rings. The fourth-order valence-electron chi connectivity index (χ4n) is 2.77. The van der Waals surface area contributed by atoms with E-state index in [-0.39, 0.29) is 11.5 Å². The monoisotopic (exact) mass is 461 g/mol. The second kappa shape index (κ2) is 12.0. The lowest BCUT2D eigenvalue weighted by Gasteiger charge is -2.22. The molecule has 0 bridgehead atoms. The Kier molecular flexibility index (Phi) is 9.34. The van der Waals surface area contributed by atoms with E-state index >= 15 is 0 Å². The van der Waals surface area contributed by atoms with Crippen LogP contribution in [0.2, 0.25) is 5.02 Å². The number of carbonyl (C=O) groups is 3. The third kappa shape index (κ3) is 6.88. The fraction of sp³-hybridized carbons (Fsp3) is 0.348. The van der Waals surface area contributed by atoms with Crippen molar-refractivity contribution in [2.75, 3.05) is 13.7 Å². The van der Waals surface area contributed by atoms with Crippen LogP contribution in [0, 0.1) is 5.92 Å². The maximum atomic E-state index is 12.6. The summed E-state index contributed by atoms with van der Waals surface area (Å²) in [6.45, 7) is 6.08. The molecule has 2 aromatic carbocycles. The number of halogens is 1. The zero-order valence-corrected chi connectivity index (χ0v) is 19.3. The maximum Gasteiger partial charge on any atom is 0.269 e. The van der Waals surface area contributed by atoms with Crippen molar-refractivity contribution in [3.8, 4) is 11.5 Å². The summed E-state index contributed by atoms with van der Waals surface area (Å²) < 4.78 is 10.8. The average Bonchev–Trinajstić information content (AvgIpc) is 2.79. The molecule has 2 aromatic rings. The molecule has 9 heteroatoms. The Morgan fingerprint density at radius 3 is 2.19 bits per heavy atom. The Hall–Kier alpha value is -3.26. The van der Waals surface area contributed by atoms with Crippen molar-refractivity contribution in [1.82, 2.24) is 16.2 Å². The molecule has 0 aromatic heterocycles. The number of ether oxygens (including phenoxy) is 2. The van der Waals surface area contributed by atoms with Crippen molar-refractivity contribution in [3.05, 3.63) is 58.6 Å². The van der Waals surface area contributed by atoms with Crippen molar-refractivity contribution in [1.29, 1.82) is 0 Å². The van der Waals surface area contributed by atoms with E-state index in [1.807, 2.05) is 6.92 Å². The number of benzene rings is 2. The van der Waals surface area contributed by atoms with Gasteiger partial charge >= 0.3 is 0 Å². The molecule has 8 nitrogen and oxygen atoms in total. The number of rotatable bonds is 9. The molecule has 0 unspecified atom stereocenters. The van der Waals surface area contributed by atoms with Crippen molar-refractivity contribution in [2.45, 2.75) is 33.2 Å². The molecule has 0 radical (unpaired) electrons. The van der Waals surface area contributed by atoms with Gasteiger partial charge in [-0.05, 0) is 54.8 Å². The average molecular weight is 462 g/mol. The van der Waals surface area contributed by atoms with Gasteiger partial charge in [-0.15, -0.1) is 0 Å². The lowest BCUT2D eigenvalue weighted by molar-refractivity contribution is -0.124. The molecule has 0 heterocycles. The van der Waals surface area contributed by atoms with Crippen molar-refractivity contribution in [3.63, 3.8) is 0 Å². The number of hydrazine groups is 1. The Morgan fingerprint density at radius 1 is 0.938 bits per heavy atom. The van der Waals surface area contributed by atoms with Crippen LogP contribution in [0.1, 0.15) is 47.9 Å².